The maximum Gasteiger partial charge on any atom is 0.213 e. The highest BCUT2D eigenvalue weighted by Gasteiger charge is 2.11. The van der Waals surface area contributed by atoms with Gasteiger partial charge in [-0.3, -0.25) is 4.99 Å². The summed E-state index contributed by atoms with van der Waals surface area (Å²) in [7, 11) is 1.63. The zero-order chi connectivity index (χ0) is 12.1. The second-order valence-electron chi connectivity index (χ2n) is 4.12. The number of pyridine rings is 1. The van der Waals surface area contributed by atoms with Crippen LogP contribution in [-0.4, -0.2) is 29.6 Å². The van der Waals surface area contributed by atoms with Crippen molar-refractivity contribution in [2.75, 3.05) is 19.4 Å². The zero-order valence-corrected chi connectivity index (χ0v) is 11.0. The number of methoxy groups -OCH3 is 1. The summed E-state index contributed by atoms with van der Waals surface area (Å²) in [5, 5.41) is 4.38. The van der Waals surface area contributed by atoms with E-state index in [-0.39, 0.29) is 0 Å². The van der Waals surface area contributed by atoms with Gasteiger partial charge in [0.05, 0.1) is 7.11 Å². The molecule has 0 saturated heterocycles. The van der Waals surface area contributed by atoms with Crippen LogP contribution in [0.1, 0.15) is 12.5 Å². The Labute approximate surface area is 106 Å². The van der Waals surface area contributed by atoms with Gasteiger partial charge >= 0.3 is 0 Å². The summed E-state index contributed by atoms with van der Waals surface area (Å²) in [6.07, 6.45) is 1.76. The standard InChI is InChI=1S/C12H17N3OS/c1-9-6-14-12(17-8-9)15-7-10-3-4-13-11(5-10)16-2/h3-5,9H,6-8H2,1-2H3,(H,14,15). The Balaban J connectivity index is 1.89. The number of rotatable bonds is 3. The van der Waals surface area contributed by atoms with Crippen molar-refractivity contribution >= 4 is 16.9 Å². The Bertz CT molecular complexity index is 408. The van der Waals surface area contributed by atoms with E-state index in [9.17, 15) is 0 Å². The van der Waals surface area contributed by atoms with Crippen molar-refractivity contribution in [3.63, 3.8) is 0 Å². The highest BCUT2D eigenvalue weighted by Crippen LogP contribution is 2.16. The largest absolute Gasteiger partial charge is 0.481 e. The summed E-state index contributed by atoms with van der Waals surface area (Å²) >= 11 is 1.79. The van der Waals surface area contributed by atoms with Crippen LogP contribution in [0, 0.1) is 5.92 Å². The van der Waals surface area contributed by atoms with Crippen LogP contribution in [0.4, 0.5) is 0 Å². The number of nitrogens with zero attached hydrogens (tertiary/aromatic N) is 2. The van der Waals surface area contributed by atoms with Crippen LogP contribution < -0.4 is 10.1 Å². The van der Waals surface area contributed by atoms with Gasteiger partial charge in [0.15, 0.2) is 5.17 Å². The summed E-state index contributed by atoms with van der Waals surface area (Å²) in [5.74, 6) is 2.48. The molecule has 1 aromatic rings. The Morgan fingerprint density at radius 2 is 2.47 bits per heavy atom. The van der Waals surface area contributed by atoms with E-state index in [1.807, 2.05) is 12.1 Å². The molecule has 1 aromatic heterocycles. The molecule has 2 heterocycles. The first-order chi connectivity index (χ1) is 8.28. The van der Waals surface area contributed by atoms with Crippen LogP contribution in [0.5, 0.6) is 5.88 Å². The first-order valence-electron chi connectivity index (χ1n) is 5.68. The van der Waals surface area contributed by atoms with E-state index in [1.165, 1.54) is 0 Å². The average molecular weight is 251 g/mol. The van der Waals surface area contributed by atoms with Gasteiger partial charge in [-0.15, -0.1) is 0 Å². The molecule has 4 nitrogen and oxygen atoms in total. The molecule has 1 atom stereocenters. The SMILES string of the molecule is COc1cc(CNC2=NCC(C)CS2)ccn1. The molecule has 0 bridgehead atoms. The van der Waals surface area contributed by atoms with E-state index in [0.717, 1.165) is 29.6 Å². The van der Waals surface area contributed by atoms with Crippen LogP contribution >= 0.6 is 11.8 Å². The van der Waals surface area contributed by atoms with Crippen molar-refractivity contribution in [3.05, 3.63) is 23.9 Å². The van der Waals surface area contributed by atoms with Crippen molar-refractivity contribution < 1.29 is 4.74 Å². The lowest BCUT2D eigenvalue weighted by molar-refractivity contribution is 0.397. The maximum atomic E-state index is 5.09. The van der Waals surface area contributed by atoms with Gasteiger partial charge in [-0.2, -0.15) is 0 Å². The molecule has 0 aliphatic carbocycles. The third-order valence-electron chi connectivity index (χ3n) is 2.50. The number of hydrogen-bond acceptors (Lipinski definition) is 5. The van der Waals surface area contributed by atoms with Crippen molar-refractivity contribution in [2.45, 2.75) is 13.5 Å². The minimum absolute atomic E-state index is 0.649. The summed E-state index contributed by atoms with van der Waals surface area (Å²) in [6.45, 7) is 3.91. The molecular weight excluding hydrogens is 234 g/mol. The van der Waals surface area contributed by atoms with Gasteiger partial charge in [0, 0.05) is 31.1 Å². The highest BCUT2D eigenvalue weighted by atomic mass is 32.2. The highest BCUT2D eigenvalue weighted by molar-refractivity contribution is 8.13. The number of hydrogen-bond donors (Lipinski definition) is 1. The molecular formula is C12H17N3OS. The van der Waals surface area contributed by atoms with E-state index >= 15 is 0 Å². The van der Waals surface area contributed by atoms with Crippen molar-refractivity contribution in [1.82, 2.24) is 10.3 Å². The van der Waals surface area contributed by atoms with Crippen LogP contribution in [0.3, 0.4) is 0 Å². The predicted molar refractivity (Wildman–Crippen MR) is 71.6 cm³/mol. The molecule has 0 radical (unpaired) electrons. The van der Waals surface area contributed by atoms with E-state index in [1.54, 1.807) is 25.1 Å². The lowest BCUT2D eigenvalue weighted by Gasteiger charge is -2.17. The second-order valence-corrected chi connectivity index (χ2v) is 5.13. The van der Waals surface area contributed by atoms with Crippen molar-refractivity contribution in [3.8, 4) is 5.88 Å². The smallest absolute Gasteiger partial charge is 0.213 e. The number of aliphatic imine (C=N–C) groups is 1. The maximum absolute atomic E-state index is 5.09. The molecule has 0 spiro atoms. The lowest BCUT2D eigenvalue weighted by atomic mass is 10.2. The van der Waals surface area contributed by atoms with Crippen LogP contribution in [0.15, 0.2) is 23.3 Å². The van der Waals surface area contributed by atoms with E-state index in [2.05, 4.69) is 22.2 Å². The topological polar surface area (TPSA) is 46.5 Å². The Morgan fingerprint density at radius 1 is 1.59 bits per heavy atom. The van der Waals surface area contributed by atoms with Gasteiger partial charge in [0.2, 0.25) is 5.88 Å². The third-order valence-corrected chi connectivity index (χ3v) is 3.79. The van der Waals surface area contributed by atoms with Gasteiger partial charge in [-0.25, -0.2) is 4.98 Å². The molecule has 92 valence electrons. The fourth-order valence-electron chi connectivity index (χ4n) is 1.51. The Hall–Kier alpha value is -1.23. The van der Waals surface area contributed by atoms with E-state index in [0.29, 0.717) is 11.8 Å². The second kappa shape index (κ2) is 5.91. The summed E-state index contributed by atoms with van der Waals surface area (Å²) in [5.41, 5.74) is 1.15. The Kier molecular flexibility index (Phi) is 4.25. The predicted octanol–water partition coefficient (Wildman–Crippen LogP) is 1.92. The van der Waals surface area contributed by atoms with Gasteiger partial charge in [-0.05, 0) is 17.5 Å². The molecule has 2 rings (SSSR count). The minimum Gasteiger partial charge on any atom is -0.481 e. The molecule has 5 heteroatoms. The number of aromatic nitrogens is 1. The van der Waals surface area contributed by atoms with Crippen molar-refractivity contribution in [1.29, 1.82) is 0 Å². The first kappa shape index (κ1) is 12.2. The van der Waals surface area contributed by atoms with Gasteiger partial charge < -0.3 is 10.1 Å². The summed E-state index contributed by atoms with van der Waals surface area (Å²) in [4.78, 5) is 8.57. The fraction of sp³-hybridized carbons (Fsp3) is 0.500. The van der Waals surface area contributed by atoms with Gasteiger partial charge in [0.1, 0.15) is 0 Å². The first-order valence-corrected chi connectivity index (χ1v) is 6.66. The van der Waals surface area contributed by atoms with E-state index < -0.39 is 0 Å². The molecule has 1 N–H and O–H groups in total. The minimum atomic E-state index is 0.649. The van der Waals surface area contributed by atoms with Gasteiger partial charge in [0.25, 0.3) is 0 Å². The molecule has 1 aliphatic rings. The number of amidine groups is 1. The van der Waals surface area contributed by atoms with Crippen molar-refractivity contribution in [2.24, 2.45) is 10.9 Å². The third kappa shape index (κ3) is 3.63. The molecule has 0 aromatic carbocycles. The fourth-order valence-corrected chi connectivity index (χ4v) is 2.40. The average Bonchev–Trinajstić information content (AvgIpc) is 2.38. The number of ether oxygens (including phenoxy) is 1. The lowest BCUT2D eigenvalue weighted by Crippen LogP contribution is -2.25. The molecule has 0 amide bonds. The summed E-state index contributed by atoms with van der Waals surface area (Å²) in [6, 6.07) is 3.91. The quantitative estimate of drug-likeness (QED) is 0.891. The molecule has 17 heavy (non-hydrogen) atoms. The zero-order valence-electron chi connectivity index (χ0n) is 10.1. The molecule has 1 aliphatic heterocycles. The number of thioether (sulfide) groups is 1. The monoisotopic (exact) mass is 251 g/mol. The molecule has 0 saturated carbocycles. The van der Waals surface area contributed by atoms with Crippen LogP contribution in [-0.2, 0) is 6.54 Å². The molecule has 1 unspecified atom stereocenters. The van der Waals surface area contributed by atoms with Crippen LogP contribution in [0.25, 0.3) is 0 Å². The summed E-state index contributed by atoms with van der Waals surface area (Å²) < 4.78 is 5.09. The van der Waals surface area contributed by atoms with Crippen LogP contribution in [0.2, 0.25) is 0 Å². The molecule has 0 fully saturated rings. The Morgan fingerprint density at radius 3 is 3.18 bits per heavy atom. The number of nitrogens with one attached hydrogen (secondary N) is 1. The van der Waals surface area contributed by atoms with E-state index in [4.69, 9.17) is 4.74 Å². The van der Waals surface area contributed by atoms with Gasteiger partial charge in [-0.1, -0.05) is 18.7 Å². The normalized spacial score (nSPS) is 19.6.